The predicted molar refractivity (Wildman–Crippen MR) is 88.2 cm³/mol. The zero-order chi connectivity index (χ0) is 14.5. The van der Waals surface area contributed by atoms with Crippen LogP contribution >= 0.6 is 11.3 Å². The van der Waals surface area contributed by atoms with Crippen molar-refractivity contribution in [2.24, 2.45) is 5.73 Å². The van der Waals surface area contributed by atoms with E-state index in [0.717, 1.165) is 26.1 Å². The summed E-state index contributed by atoms with van der Waals surface area (Å²) in [5.74, 6) is 0. The molecule has 1 aliphatic heterocycles. The highest BCUT2D eigenvalue weighted by Gasteiger charge is 2.33. The molecule has 20 heavy (non-hydrogen) atoms. The highest BCUT2D eigenvalue weighted by molar-refractivity contribution is 7.07. The Hall–Kier alpha value is -0.420. The molecule has 3 atom stereocenters. The second-order valence-corrected chi connectivity index (χ2v) is 6.51. The molecular formula is C16H29N3S. The summed E-state index contributed by atoms with van der Waals surface area (Å²) in [5, 5.41) is 4.44. The van der Waals surface area contributed by atoms with Gasteiger partial charge in [-0.1, -0.05) is 20.8 Å². The third-order valence-electron chi connectivity index (χ3n) is 4.68. The van der Waals surface area contributed by atoms with Crippen LogP contribution in [0, 0.1) is 0 Å². The number of thiophene rings is 1. The maximum Gasteiger partial charge on any atom is 0.0507 e. The number of rotatable bonds is 7. The van der Waals surface area contributed by atoms with Gasteiger partial charge in [0.15, 0.2) is 0 Å². The van der Waals surface area contributed by atoms with Crippen molar-refractivity contribution >= 4 is 11.3 Å². The van der Waals surface area contributed by atoms with Crippen molar-refractivity contribution in [2.45, 2.75) is 51.7 Å². The molecule has 0 aromatic carbocycles. The molecule has 0 bridgehead atoms. The van der Waals surface area contributed by atoms with Gasteiger partial charge in [0.2, 0.25) is 0 Å². The Kier molecular flexibility index (Phi) is 6.02. The first-order chi connectivity index (χ1) is 9.71. The van der Waals surface area contributed by atoms with Crippen LogP contribution in [-0.2, 0) is 0 Å². The summed E-state index contributed by atoms with van der Waals surface area (Å²) in [5.41, 5.74) is 7.83. The molecule has 1 saturated heterocycles. The fraction of sp³-hybridized carbons (Fsp3) is 0.750. The Morgan fingerprint density at radius 1 is 1.40 bits per heavy atom. The lowest BCUT2D eigenvalue weighted by molar-refractivity contribution is 0.172. The molecule has 4 heteroatoms. The molecule has 3 nitrogen and oxygen atoms in total. The average molecular weight is 295 g/mol. The Morgan fingerprint density at radius 2 is 2.15 bits per heavy atom. The van der Waals surface area contributed by atoms with Gasteiger partial charge in [-0.25, -0.2) is 0 Å². The maximum atomic E-state index is 6.42. The van der Waals surface area contributed by atoms with Gasteiger partial charge in [-0.3, -0.25) is 9.80 Å². The Labute approximate surface area is 127 Å². The van der Waals surface area contributed by atoms with E-state index in [1.165, 1.54) is 18.5 Å². The van der Waals surface area contributed by atoms with Crippen LogP contribution < -0.4 is 5.73 Å². The Bertz CT molecular complexity index is 375. The Morgan fingerprint density at radius 3 is 2.70 bits per heavy atom. The molecule has 1 aromatic heterocycles. The minimum absolute atomic E-state index is 0.236. The molecule has 0 saturated carbocycles. The molecule has 114 valence electrons. The maximum absolute atomic E-state index is 6.42. The first kappa shape index (κ1) is 16.0. The van der Waals surface area contributed by atoms with E-state index in [1.54, 1.807) is 11.3 Å². The van der Waals surface area contributed by atoms with E-state index in [-0.39, 0.29) is 6.04 Å². The van der Waals surface area contributed by atoms with Crippen molar-refractivity contribution in [1.29, 1.82) is 0 Å². The smallest absolute Gasteiger partial charge is 0.0507 e. The van der Waals surface area contributed by atoms with Gasteiger partial charge in [-0.15, -0.1) is 0 Å². The van der Waals surface area contributed by atoms with Crippen LogP contribution in [-0.4, -0.2) is 48.1 Å². The summed E-state index contributed by atoms with van der Waals surface area (Å²) in [4.78, 5) is 5.20. The van der Waals surface area contributed by atoms with Gasteiger partial charge in [0.1, 0.15) is 0 Å². The normalized spacial score (nSPS) is 23.4. The standard InChI is InChI=1S/C16H29N3S/c1-4-15(17)16(13-8-10-20-12-13)19-9-7-14(11-19)18(5-2)6-3/h8,10,12,14-16H,4-7,9,11,17H2,1-3H3. The molecule has 0 radical (unpaired) electrons. The highest BCUT2D eigenvalue weighted by atomic mass is 32.1. The van der Waals surface area contributed by atoms with Gasteiger partial charge in [0.25, 0.3) is 0 Å². The first-order valence-electron chi connectivity index (χ1n) is 7.96. The predicted octanol–water partition coefficient (Wildman–Crippen LogP) is 2.94. The van der Waals surface area contributed by atoms with Gasteiger partial charge in [0, 0.05) is 25.2 Å². The largest absolute Gasteiger partial charge is 0.326 e. The van der Waals surface area contributed by atoms with Crippen molar-refractivity contribution in [1.82, 2.24) is 9.80 Å². The number of likely N-dealkylation sites (N-methyl/N-ethyl adjacent to an activating group) is 1. The fourth-order valence-corrected chi connectivity index (χ4v) is 4.14. The summed E-state index contributed by atoms with van der Waals surface area (Å²) in [7, 11) is 0. The molecule has 2 heterocycles. The monoisotopic (exact) mass is 295 g/mol. The fourth-order valence-electron chi connectivity index (χ4n) is 3.45. The number of nitrogens with two attached hydrogens (primary N) is 1. The zero-order valence-electron chi connectivity index (χ0n) is 13.1. The molecule has 0 amide bonds. The second kappa shape index (κ2) is 7.55. The molecule has 1 fully saturated rings. The van der Waals surface area contributed by atoms with Crippen LogP contribution in [0.5, 0.6) is 0 Å². The van der Waals surface area contributed by atoms with Crippen LogP contribution in [0.3, 0.4) is 0 Å². The highest BCUT2D eigenvalue weighted by Crippen LogP contribution is 2.31. The molecule has 3 unspecified atom stereocenters. The summed E-state index contributed by atoms with van der Waals surface area (Å²) in [6.07, 6.45) is 2.31. The third kappa shape index (κ3) is 3.42. The topological polar surface area (TPSA) is 32.5 Å². The summed E-state index contributed by atoms with van der Waals surface area (Å²) >= 11 is 1.78. The lowest BCUT2D eigenvalue weighted by Crippen LogP contribution is -2.42. The quantitative estimate of drug-likeness (QED) is 0.839. The van der Waals surface area contributed by atoms with Crippen molar-refractivity contribution in [3.05, 3.63) is 22.4 Å². The van der Waals surface area contributed by atoms with Crippen LogP contribution in [0.2, 0.25) is 0 Å². The van der Waals surface area contributed by atoms with Crippen molar-refractivity contribution in [3.63, 3.8) is 0 Å². The van der Waals surface area contributed by atoms with E-state index in [2.05, 4.69) is 47.4 Å². The number of likely N-dealkylation sites (tertiary alicyclic amines) is 1. The van der Waals surface area contributed by atoms with E-state index in [9.17, 15) is 0 Å². The van der Waals surface area contributed by atoms with E-state index in [4.69, 9.17) is 5.73 Å². The van der Waals surface area contributed by atoms with E-state index in [1.807, 2.05) is 0 Å². The van der Waals surface area contributed by atoms with Crippen molar-refractivity contribution in [2.75, 3.05) is 26.2 Å². The van der Waals surface area contributed by atoms with Gasteiger partial charge < -0.3 is 5.73 Å². The van der Waals surface area contributed by atoms with E-state index < -0.39 is 0 Å². The number of nitrogens with zero attached hydrogens (tertiary/aromatic N) is 2. The molecule has 2 N–H and O–H groups in total. The lowest BCUT2D eigenvalue weighted by atomic mass is 9.99. The van der Waals surface area contributed by atoms with Gasteiger partial charge in [-0.05, 0) is 48.3 Å². The summed E-state index contributed by atoms with van der Waals surface area (Å²) in [6.45, 7) is 11.4. The van der Waals surface area contributed by atoms with Gasteiger partial charge in [-0.2, -0.15) is 11.3 Å². The summed E-state index contributed by atoms with van der Waals surface area (Å²) < 4.78 is 0. The average Bonchev–Trinajstić information content (AvgIpc) is 3.13. The molecule has 2 rings (SSSR count). The number of hydrogen-bond donors (Lipinski definition) is 1. The zero-order valence-corrected chi connectivity index (χ0v) is 13.9. The van der Waals surface area contributed by atoms with Crippen LogP contribution in [0.25, 0.3) is 0 Å². The third-order valence-corrected chi connectivity index (χ3v) is 5.38. The van der Waals surface area contributed by atoms with Crippen molar-refractivity contribution in [3.8, 4) is 0 Å². The van der Waals surface area contributed by atoms with E-state index >= 15 is 0 Å². The minimum Gasteiger partial charge on any atom is -0.326 e. The van der Waals surface area contributed by atoms with E-state index in [0.29, 0.717) is 12.1 Å². The molecular weight excluding hydrogens is 266 g/mol. The number of hydrogen-bond acceptors (Lipinski definition) is 4. The molecule has 0 spiro atoms. The van der Waals surface area contributed by atoms with Crippen molar-refractivity contribution < 1.29 is 0 Å². The second-order valence-electron chi connectivity index (χ2n) is 5.73. The van der Waals surface area contributed by atoms with Crippen LogP contribution in [0.1, 0.15) is 45.2 Å². The van der Waals surface area contributed by atoms with Crippen LogP contribution in [0.15, 0.2) is 16.8 Å². The summed E-state index contributed by atoms with van der Waals surface area (Å²) in [6, 6.07) is 3.58. The minimum atomic E-state index is 0.236. The Balaban J connectivity index is 2.08. The lowest BCUT2D eigenvalue weighted by Gasteiger charge is -2.33. The SMILES string of the molecule is CCC(N)C(c1ccsc1)N1CCC(N(CC)CC)C1. The van der Waals surface area contributed by atoms with Gasteiger partial charge in [0.05, 0.1) is 6.04 Å². The first-order valence-corrected chi connectivity index (χ1v) is 8.91. The van der Waals surface area contributed by atoms with Gasteiger partial charge >= 0.3 is 0 Å². The van der Waals surface area contributed by atoms with Crippen LogP contribution in [0.4, 0.5) is 0 Å². The molecule has 1 aromatic rings. The molecule has 0 aliphatic carbocycles. The molecule has 1 aliphatic rings.